The summed E-state index contributed by atoms with van der Waals surface area (Å²) in [6, 6.07) is 19.0. The number of nitrogens with zero attached hydrogens (tertiary/aromatic N) is 2. The van der Waals surface area contributed by atoms with Crippen molar-refractivity contribution in [2.45, 2.75) is 44.9 Å². The second-order valence-corrected chi connectivity index (χ2v) is 9.52. The van der Waals surface area contributed by atoms with Crippen LogP contribution in [-0.4, -0.2) is 40.8 Å². The summed E-state index contributed by atoms with van der Waals surface area (Å²) in [5, 5.41) is 12.8. The van der Waals surface area contributed by atoms with E-state index in [1.54, 1.807) is 7.11 Å². The van der Waals surface area contributed by atoms with Gasteiger partial charge < -0.3 is 14.3 Å². The number of aliphatic hydroxyl groups is 1. The summed E-state index contributed by atoms with van der Waals surface area (Å²) in [6.07, 6.45) is 4.93. The summed E-state index contributed by atoms with van der Waals surface area (Å²) in [5.74, 6) is 2.29. The minimum Gasteiger partial charge on any atom is -0.497 e. The molecule has 1 N–H and O–H groups in total. The molecule has 5 atom stereocenters. The largest absolute Gasteiger partial charge is 0.497 e. The van der Waals surface area contributed by atoms with Gasteiger partial charge in [0.1, 0.15) is 24.4 Å². The third-order valence-electron chi connectivity index (χ3n) is 7.99. The van der Waals surface area contributed by atoms with Crippen LogP contribution in [0.25, 0.3) is 10.9 Å². The maximum atomic E-state index is 11.8. The summed E-state index contributed by atoms with van der Waals surface area (Å²) >= 11 is 0. The van der Waals surface area contributed by atoms with Crippen LogP contribution in [-0.2, 0) is 6.54 Å². The molecule has 2 bridgehead atoms. The summed E-state index contributed by atoms with van der Waals surface area (Å²) < 4.78 is 6.46. The average molecular weight is 418 g/mol. The SMILES string of the molecule is CCC1C[N+]2(Cc3ccccc3)CCC1CC2[C@@H](O)c1ccnc2ccc(OC)cc12. The molecule has 31 heavy (non-hydrogen) atoms. The molecule has 4 nitrogen and oxygen atoms in total. The van der Waals surface area contributed by atoms with Crippen molar-refractivity contribution in [2.75, 3.05) is 20.2 Å². The average Bonchev–Trinajstić information content (AvgIpc) is 2.83. The minimum atomic E-state index is -0.512. The van der Waals surface area contributed by atoms with Crippen molar-refractivity contribution >= 4 is 10.9 Å². The van der Waals surface area contributed by atoms with Gasteiger partial charge in [-0.1, -0.05) is 37.3 Å². The van der Waals surface area contributed by atoms with Gasteiger partial charge in [-0.3, -0.25) is 4.98 Å². The molecule has 6 rings (SSSR count). The summed E-state index contributed by atoms with van der Waals surface area (Å²) in [4.78, 5) is 4.53. The van der Waals surface area contributed by atoms with Gasteiger partial charge >= 0.3 is 0 Å². The standard InChI is InChI=1S/C27H33N2O2/c1-3-20-18-29(17-19-7-5-4-6-8-19)14-12-21(20)15-26(29)27(30)23-11-13-28-25-10-9-22(31-2)16-24(23)25/h4-11,13,16,20-21,26-27,30H,3,12,14-15,17-18H2,1-2H3/q+1/t20?,21?,26?,27-,29?/m0/s1. The molecule has 3 aromatic rings. The molecule has 4 unspecified atom stereocenters. The Morgan fingerprint density at radius 1 is 1.16 bits per heavy atom. The van der Waals surface area contributed by atoms with E-state index in [0.717, 1.165) is 58.0 Å². The molecule has 4 heteroatoms. The fourth-order valence-corrected chi connectivity index (χ4v) is 6.35. The molecule has 1 aromatic heterocycles. The van der Waals surface area contributed by atoms with Crippen molar-refractivity contribution in [2.24, 2.45) is 11.8 Å². The van der Waals surface area contributed by atoms with Crippen molar-refractivity contribution in [3.05, 3.63) is 71.9 Å². The number of rotatable bonds is 6. The summed E-state index contributed by atoms with van der Waals surface area (Å²) in [5.41, 5.74) is 3.27. The lowest BCUT2D eigenvalue weighted by Gasteiger charge is -2.58. The van der Waals surface area contributed by atoms with Gasteiger partial charge in [0.25, 0.3) is 0 Å². The molecule has 3 fully saturated rings. The molecule has 2 aromatic carbocycles. The molecule has 0 aliphatic carbocycles. The van der Waals surface area contributed by atoms with Crippen LogP contribution < -0.4 is 4.74 Å². The molecular formula is C27H33N2O2+. The lowest BCUT2D eigenvalue weighted by atomic mass is 9.70. The third kappa shape index (κ3) is 3.62. The van der Waals surface area contributed by atoms with Crippen molar-refractivity contribution in [1.29, 1.82) is 0 Å². The number of hydrogen-bond donors (Lipinski definition) is 1. The van der Waals surface area contributed by atoms with Crippen LogP contribution in [0.4, 0.5) is 0 Å². The zero-order chi connectivity index (χ0) is 21.4. The van der Waals surface area contributed by atoms with Crippen LogP contribution in [0.3, 0.4) is 0 Å². The summed E-state index contributed by atoms with van der Waals surface area (Å²) in [6.45, 7) is 5.66. The number of hydrogen-bond acceptors (Lipinski definition) is 3. The van der Waals surface area contributed by atoms with Gasteiger partial charge in [0.15, 0.2) is 0 Å². The number of aromatic nitrogens is 1. The number of quaternary nitrogens is 1. The second kappa shape index (κ2) is 8.25. The first-order valence-electron chi connectivity index (χ1n) is 11.6. The van der Waals surface area contributed by atoms with Gasteiger partial charge in [-0.2, -0.15) is 0 Å². The fourth-order valence-electron chi connectivity index (χ4n) is 6.35. The Morgan fingerprint density at radius 2 is 2.00 bits per heavy atom. The van der Waals surface area contributed by atoms with E-state index in [2.05, 4.69) is 42.2 Å². The first-order chi connectivity index (χ1) is 15.1. The maximum Gasteiger partial charge on any atom is 0.131 e. The van der Waals surface area contributed by atoms with Gasteiger partial charge in [0.05, 0.1) is 25.7 Å². The monoisotopic (exact) mass is 417 g/mol. The van der Waals surface area contributed by atoms with Crippen LogP contribution in [0.5, 0.6) is 5.75 Å². The number of methoxy groups -OCH3 is 1. The van der Waals surface area contributed by atoms with Gasteiger partial charge in [-0.15, -0.1) is 0 Å². The molecular weight excluding hydrogens is 384 g/mol. The first-order valence-corrected chi connectivity index (χ1v) is 11.6. The van der Waals surface area contributed by atoms with E-state index in [-0.39, 0.29) is 6.04 Å². The van der Waals surface area contributed by atoms with E-state index in [0.29, 0.717) is 0 Å². The van der Waals surface area contributed by atoms with E-state index in [9.17, 15) is 5.11 Å². The quantitative estimate of drug-likeness (QED) is 0.567. The Kier molecular flexibility index (Phi) is 5.45. The van der Waals surface area contributed by atoms with Gasteiger partial charge in [0.2, 0.25) is 0 Å². The molecule has 0 radical (unpaired) electrons. The van der Waals surface area contributed by atoms with Crippen LogP contribution in [0.1, 0.15) is 43.4 Å². The Morgan fingerprint density at radius 3 is 2.77 bits per heavy atom. The highest BCUT2D eigenvalue weighted by molar-refractivity contribution is 5.83. The molecule has 0 amide bonds. The fraction of sp³-hybridized carbons (Fsp3) is 0.444. The lowest BCUT2D eigenvalue weighted by Crippen LogP contribution is -2.67. The summed E-state index contributed by atoms with van der Waals surface area (Å²) in [7, 11) is 1.68. The van der Waals surface area contributed by atoms with Crippen molar-refractivity contribution in [3.8, 4) is 5.75 Å². The lowest BCUT2D eigenvalue weighted by molar-refractivity contribution is -0.985. The number of benzene rings is 2. The third-order valence-corrected chi connectivity index (χ3v) is 7.99. The van der Waals surface area contributed by atoms with Gasteiger partial charge in [-0.05, 0) is 42.2 Å². The molecule has 4 heterocycles. The van der Waals surface area contributed by atoms with E-state index in [1.165, 1.54) is 24.9 Å². The number of piperidine rings is 3. The van der Waals surface area contributed by atoms with Crippen molar-refractivity contribution in [3.63, 3.8) is 0 Å². The highest BCUT2D eigenvalue weighted by Crippen LogP contribution is 2.48. The molecule has 0 saturated carbocycles. The smallest absolute Gasteiger partial charge is 0.131 e. The molecule has 3 saturated heterocycles. The van der Waals surface area contributed by atoms with E-state index < -0.39 is 6.10 Å². The zero-order valence-corrected chi connectivity index (χ0v) is 18.6. The van der Waals surface area contributed by atoms with Crippen molar-refractivity contribution in [1.82, 2.24) is 4.98 Å². The number of aliphatic hydroxyl groups excluding tert-OH is 1. The van der Waals surface area contributed by atoms with Gasteiger partial charge in [-0.25, -0.2) is 0 Å². The number of pyridine rings is 1. The molecule has 0 spiro atoms. The zero-order valence-electron chi connectivity index (χ0n) is 18.6. The van der Waals surface area contributed by atoms with E-state index in [1.807, 2.05) is 30.5 Å². The topological polar surface area (TPSA) is 42.4 Å². The molecule has 3 aliphatic rings. The van der Waals surface area contributed by atoms with Gasteiger partial charge in [0, 0.05) is 35.9 Å². The molecule has 162 valence electrons. The van der Waals surface area contributed by atoms with Crippen LogP contribution in [0.2, 0.25) is 0 Å². The predicted molar refractivity (Wildman–Crippen MR) is 124 cm³/mol. The highest BCUT2D eigenvalue weighted by Gasteiger charge is 2.54. The minimum absolute atomic E-state index is 0.207. The predicted octanol–water partition coefficient (Wildman–Crippen LogP) is 5.11. The Hall–Kier alpha value is -2.43. The van der Waals surface area contributed by atoms with Crippen molar-refractivity contribution < 1.29 is 14.3 Å². The number of ether oxygens (including phenoxy) is 1. The van der Waals surface area contributed by atoms with E-state index in [4.69, 9.17) is 4.74 Å². The van der Waals surface area contributed by atoms with Crippen LogP contribution in [0, 0.1) is 11.8 Å². The van der Waals surface area contributed by atoms with Crippen LogP contribution in [0.15, 0.2) is 60.8 Å². The Balaban J connectivity index is 1.55. The van der Waals surface area contributed by atoms with Crippen LogP contribution >= 0.6 is 0 Å². The molecule has 3 aliphatic heterocycles. The first kappa shape index (κ1) is 20.5. The number of fused-ring (bicyclic) bond motifs is 4. The Bertz CT molecular complexity index is 1050. The highest BCUT2D eigenvalue weighted by atomic mass is 16.5. The second-order valence-electron chi connectivity index (χ2n) is 9.52. The maximum absolute atomic E-state index is 11.8. The Labute approximate surface area is 185 Å². The van der Waals surface area contributed by atoms with E-state index >= 15 is 0 Å². The normalized spacial score (nSPS) is 28.5.